The number of H-pyrrole nitrogens is 1. The molecule has 0 fully saturated rings. The van der Waals surface area contributed by atoms with Gasteiger partial charge in [0.2, 0.25) is 5.88 Å². The third kappa shape index (κ3) is 4.43. The van der Waals surface area contributed by atoms with Crippen molar-refractivity contribution in [2.24, 2.45) is 0 Å². The fourth-order valence-electron chi connectivity index (χ4n) is 3.57. The van der Waals surface area contributed by atoms with Gasteiger partial charge in [0.1, 0.15) is 5.82 Å². The smallest absolute Gasteiger partial charge is 0.226 e. The van der Waals surface area contributed by atoms with Crippen LogP contribution in [0.15, 0.2) is 60.7 Å². The third-order valence-electron chi connectivity index (χ3n) is 5.40. The average Bonchev–Trinajstić information content (AvgIpc) is 3.24. The van der Waals surface area contributed by atoms with Gasteiger partial charge in [-0.1, -0.05) is 61.6 Å². The van der Waals surface area contributed by atoms with Crippen LogP contribution in [0.4, 0.5) is 4.39 Å². The van der Waals surface area contributed by atoms with Crippen LogP contribution in [0, 0.1) is 17.7 Å². The standard InChI is InChI=1S/C27H20ClFN4O/c1-16(2)18-11-9-17(10-12-18)6-5-13-34-27-19-7-3-4-8-22(19)30-26(33-27)25-31-23-14-20(28)21(29)15-24(23)32-25/h3-4,7-12,14-16H,13H2,1-2H3,(H,31,32). The molecule has 0 atom stereocenters. The van der Waals surface area contributed by atoms with Crippen molar-refractivity contribution < 1.29 is 9.13 Å². The molecule has 34 heavy (non-hydrogen) atoms. The Balaban J connectivity index is 1.44. The van der Waals surface area contributed by atoms with Crippen LogP contribution in [0.3, 0.4) is 0 Å². The molecule has 0 unspecified atom stereocenters. The monoisotopic (exact) mass is 470 g/mol. The molecule has 0 amide bonds. The van der Waals surface area contributed by atoms with E-state index >= 15 is 0 Å². The normalized spacial score (nSPS) is 11.1. The molecule has 0 aliphatic carbocycles. The molecule has 0 saturated carbocycles. The maximum atomic E-state index is 13.8. The third-order valence-corrected chi connectivity index (χ3v) is 5.68. The average molecular weight is 471 g/mol. The number of ether oxygens (including phenoxy) is 1. The number of halogens is 2. The first-order valence-corrected chi connectivity index (χ1v) is 11.2. The zero-order valence-corrected chi connectivity index (χ0v) is 19.3. The van der Waals surface area contributed by atoms with Crippen LogP contribution in [0.5, 0.6) is 5.88 Å². The predicted molar refractivity (Wildman–Crippen MR) is 132 cm³/mol. The van der Waals surface area contributed by atoms with E-state index in [2.05, 4.69) is 57.8 Å². The Morgan fingerprint density at radius 1 is 1.00 bits per heavy atom. The van der Waals surface area contributed by atoms with E-state index in [0.717, 1.165) is 10.9 Å². The number of hydrogen-bond acceptors (Lipinski definition) is 4. The molecule has 5 nitrogen and oxygen atoms in total. The summed E-state index contributed by atoms with van der Waals surface area (Å²) in [5.74, 6) is 7.23. The fraction of sp³-hybridized carbons (Fsp3) is 0.148. The lowest BCUT2D eigenvalue weighted by atomic mass is 10.0. The van der Waals surface area contributed by atoms with Crippen molar-refractivity contribution in [3.05, 3.63) is 82.6 Å². The van der Waals surface area contributed by atoms with Crippen molar-refractivity contribution >= 4 is 33.5 Å². The van der Waals surface area contributed by atoms with E-state index in [-0.39, 0.29) is 11.6 Å². The van der Waals surface area contributed by atoms with Gasteiger partial charge in [-0.3, -0.25) is 0 Å². The number of fused-ring (bicyclic) bond motifs is 2. The number of aromatic amines is 1. The molecule has 0 saturated heterocycles. The summed E-state index contributed by atoms with van der Waals surface area (Å²) in [5, 5.41) is 0.781. The molecule has 2 aromatic heterocycles. The van der Waals surface area contributed by atoms with Crippen molar-refractivity contribution in [2.75, 3.05) is 6.61 Å². The van der Waals surface area contributed by atoms with Gasteiger partial charge in [0, 0.05) is 11.6 Å². The van der Waals surface area contributed by atoms with Crippen molar-refractivity contribution in [1.82, 2.24) is 19.9 Å². The number of benzene rings is 3. The van der Waals surface area contributed by atoms with Gasteiger partial charge in [0.25, 0.3) is 0 Å². The molecule has 0 spiro atoms. The molecule has 1 N–H and O–H groups in total. The molecule has 5 rings (SSSR count). The van der Waals surface area contributed by atoms with Crippen LogP contribution in [0.2, 0.25) is 5.02 Å². The molecule has 0 aliphatic rings. The first kappa shape index (κ1) is 21.9. The first-order valence-electron chi connectivity index (χ1n) is 10.8. The van der Waals surface area contributed by atoms with Crippen molar-refractivity contribution in [3.8, 4) is 29.4 Å². The van der Waals surface area contributed by atoms with Gasteiger partial charge in [0.15, 0.2) is 18.3 Å². The number of para-hydroxylation sites is 1. The molecular weight excluding hydrogens is 451 g/mol. The Kier molecular flexibility index (Phi) is 5.87. The van der Waals surface area contributed by atoms with Crippen LogP contribution in [0.25, 0.3) is 33.6 Å². The largest absolute Gasteiger partial charge is 0.464 e. The minimum absolute atomic E-state index is 0.0172. The number of nitrogens with one attached hydrogen (secondary N) is 1. The minimum Gasteiger partial charge on any atom is -0.464 e. The zero-order chi connectivity index (χ0) is 23.7. The summed E-state index contributed by atoms with van der Waals surface area (Å²) in [6, 6.07) is 18.5. The molecule has 0 aliphatic heterocycles. The van der Waals surface area contributed by atoms with Gasteiger partial charge in [-0.2, -0.15) is 4.98 Å². The van der Waals surface area contributed by atoms with E-state index in [4.69, 9.17) is 16.3 Å². The van der Waals surface area contributed by atoms with Crippen molar-refractivity contribution in [2.45, 2.75) is 19.8 Å². The Hall–Kier alpha value is -3.95. The second-order valence-corrected chi connectivity index (χ2v) is 8.51. The minimum atomic E-state index is -0.534. The lowest BCUT2D eigenvalue weighted by Gasteiger charge is -2.07. The molecule has 2 heterocycles. The molecule has 7 heteroatoms. The number of nitrogens with zero attached hydrogens (tertiary/aromatic N) is 3. The van der Waals surface area contributed by atoms with Crippen LogP contribution in [-0.2, 0) is 0 Å². The summed E-state index contributed by atoms with van der Waals surface area (Å²) >= 11 is 5.90. The Labute approximate surface area is 201 Å². The fourth-order valence-corrected chi connectivity index (χ4v) is 3.73. The Bertz CT molecular complexity index is 1530. The predicted octanol–water partition coefficient (Wildman–Crippen LogP) is 6.52. The van der Waals surface area contributed by atoms with Gasteiger partial charge in [-0.25, -0.2) is 14.4 Å². The molecule has 0 radical (unpaired) electrons. The van der Waals surface area contributed by atoms with Crippen LogP contribution in [-0.4, -0.2) is 26.5 Å². The van der Waals surface area contributed by atoms with E-state index in [0.29, 0.717) is 40.0 Å². The molecule has 3 aromatic carbocycles. The van der Waals surface area contributed by atoms with Gasteiger partial charge < -0.3 is 9.72 Å². The molecule has 0 bridgehead atoms. The maximum absolute atomic E-state index is 13.8. The first-order chi connectivity index (χ1) is 16.5. The zero-order valence-electron chi connectivity index (χ0n) is 18.6. The van der Waals surface area contributed by atoms with E-state index in [1.165, 1.54) is 17.7 Å². The number of imidazole rings is 1. The maximum Gasteiger partial charge on any atom is 0.226 e. The SMILES string of the molecule is CC(C)c1ccc(C#CCOc2nc(-c3nc4cc(F)c(Cl)cc4[nH]3)nc3ccccc23)cc1. The van der Waals surface area contributed by atoms with E-state index in [9.17, 15) is 4.39 Å². The van der Waals surface area contributed by atoms with E-state index in [1.807, 2.05) is 36.4 Å². The molecular formula is C27H20ClFN4O. The van der Waals surface area contributed by atoms with Crippen molar-refractivity contribution in [1.29, 1.82) is 0 Å². The number of rotatable bonds is 4. The van der Waals surface area contributed by atoms with Gasteiger partial charge in [-0.15, -0.1) is 0 Å². The second-order valence-electron chi connectivity index (χ2n) is 8.11. The Morgan fingerprint density at radius 2 is 1.79 bits per heavy atom. The van der Waals surface area contributed by atoms with E-state index < -0.39 is 5.82 Å². The van der Waals surface area contributed by atoms with Gasteiger partial charge >= 0.3 is 0 Å². The summed E-state index contributed by atoms with van der Waals surface area (Å²) in [4.78, 5) is 16.7. The summed E-state index contributed by atoms with van der Waals surface area (Å²) in [5.41, 5.74) is 3.93. The Morgan fingerprint density at radius 3 is 2.59 bits per heavy atom. The quantitative estimate of drug-likeness (QED) is 0.304. The molecule has 5 aromatic rings. The van der Waals surface area contributed by atoms with Crippen LogP contribution in [0.1, 0.15) is 30.9 Å². The highest BCUT2D eigenvalue weighted by Crippen LogP contribution is 2.28. The number of hydrogen-bond donors (Lipinski definition) is 1. The lowest BCUT2D eigenvalue weighted by Crippen LogP contribution is -2.01. The van der Waals surface area contributed by atoms with Gasteiger partial charge in [-0.05, 0) is 41.8 Å². The highest BCUT2D eigenvalue weighted by atomic mass is 35.5. The van der Waals surface area contributed by atoms with Gasteiger partial charge in [0.05, 0.1) is 27.0 Å². The highest BCUT2D eigenvalue weighted by molar-refractivity contribution is 6.31. The highest BCUT2D eigenvalue weighted by Gasteiger charge is 2.15. The summed E-state index contributed by atoms with van der Waals surface area (Å²) in [7, 11) is 0. The number of aromatic nitrogens is 4. The van der Waals surface area contributed by atoms with Crippen LogP contribution >= 0.6 is 11.6 Å². The summed E-state index contributed by atoms with van der Waals surface area (Å²) in [6.45, 7) is 4.48. The second kappa shape index (κ2) is 9.12. The summed E-state index contributed by atoms with van der Waals surface area (Å²) < 4.78 is 19.8. The molecule has 168 valence electrons. The van der Waals surface area contributed by atoms with Crippen molar-refractivity contribution in [3.63, 3.8) is 0 Å². The van der Waals surface area contributed by atoms with E-state index in [1.54, 1.807) is 0 Å². The summed E-state index contributed by atoms with van der Waals surface area (Å²) in [6.07, 6.45) is 0. The lowest BCUT2D eigenvalue weighted by molar-refractivity contribution is 0.360. The van der Waals surface area contributed by atoms with Crippen LogP contribution < -0.4 is 4.74 Å². The topological polar surface area (TPSA) is 63.7 Å².